The van der Waals surface area contributed by atoms with Crippen molar-refractivity contribution in [3.8, 4) is 5.75 Å². The van der Waals surface area contributed by atoms with Crippen LogP contribution in [-0.4, -0.2) is 22.1 Å². The summed E-state index contributed by atoms with van der Waals surface area (Å²) in [5.74, 6) is 0.586. The van der Waals surface area contributed by atoms with Crippen molar-refractivity contribution in [3.63, 3.8) is 0 Å². The number of aromatic amines is 2. The van der Waals surface area contributed by atoms with Gasteiger partial charge in [-0.1, -0.05) is 0 Å². The summed E-state index contributed by atoms with van der Waals surface area (Å²) in [6.07, 6.45) is 1.60. The van der Waals surface area contributed by atoms with Crippen LogP contribution < -0.4 is 16.0 Å². The number of halogens is 1. The van der Waals surface area contributed by atoms with Crippen molar-refractivity contribution in [3.05, 3.63) is 33.1 Å². The topological polar surface area (TPSA) is 87.8 Å². The van der Waals surface area contributed by atoms with Gasteiger partial charge in [0.05, 0.1) is 18.0 Å². The molecular formula is C10H8ClN3O3S. The van der Waals surface area contributed by atoms with E-state index in [1.807, 2.05) is 0 Å². The van der Waals surface area contributed by atoms with E-state index >= 15 is 0 Å². The van der Waals surface area contributed by atoms with Crippen LogP contribution in [0.25, 0.3) is 20.4 Å². The lowest BCUT2D eigenvalue weighted by Crippen LogP contribution is -2.20. The van der Waals surface area contributed by atoms with E-state index in [1.165, 1.54) is 18.4 Å². The lowest BCUT2D eigenvalue weighted by Gasteiger charge is -2.00. The van der Waals surface area contributed by atoms with Gasteiger partial charge in [-0.05, 0) is 6.07 Å². The van der Waals surface area contributed by atoms with Gasteiger partial charge >= 0.3 is 5.69 Å². The van der Waals surface area contributed by atoms with E-state index in [9.17, 15) is 9.59 Å². The van der Waals surface area contributed by atoms with E-state index in [4.69, 9.17) is 4.74 Å². The fraction of sp³-hybridized carbons (Fsp3) is 0.100. The molecule has 0 saturated carbocycles. The largest absolute Gasteiger partial charge is 0.496 e. The van der Waals surface area contributed by atoms with Crippen molar-refractivity contribution in [1.82, 2.24) is 15.0 Å². The molecule has 3 rings (SSSR count). The highest BCUT2D eigenvalue weighted by molar-refractivity contribution is 7.25. The monoisotopic (exact) mass is 285 g/mol. The van der Waals surface area contributed by atoms with Crippen molar-refractivity contribution >= 4 is 44.2 Å². The van der Waals surface area contributed by atoms with E-state index < -0.39 is 11.2 Å². The number of nitrogens with one attached hydrogen (secondary N) is 2. The zero-order valence-electron chi connectivity index (χ0n) is 9.14. The summed E-state index contributed by atoms with van der Waals surface area (Å²) in [6, 6.07) is 1.69. The second kappa shape index (κ2) is 4.43. The standard InChI is InChI=1S/C10H7N3O3S.ClH/c1-16-4-2-3-11-9-5(4)6-7(17-9)8(14)13-10(15)12-6;/h2-3H,1H3,(H2,12,13,14,15);1H. The molecule has 6 nitrogen and oxygen atoms in total. The Morgan fingerprint density at radius 2 is 2.11 bits per heavy atom. The molecule has 0 saturated heterocycles. The van der Waals surface area contributed by atoms with Crippen molar-refractivity contribution in [2.45, 2.75) is 0 Å². The molecule has 0 aliphatic heterocycles. The Bertz CT molecular complexity index is 836. The van der Waals surface area contributed by atoms with Crippen LogP contribution in [0.5, 0.6) is 5.75 Å². The first-order valence-electron chi connectivity index (χ1n) is 4.78. The molecule has 0 bridgehead atoms. The third kappa shape index (κ3) is 1.68. The molecule has 2 N–H and O–H groups in total. The number of nitrogens with zero attached hydrogens (tertiary/aromatic N) is 1. The molecular weight excluding hydrogens is 278 g/mol. The second-order valence-corrected chi connectivity index (χ2v) is 4.41. The summed E-state index contributed by atoms with van der Waals surface area (Å²) in [7, 11) is 1.53. The van der Waals surface area contributed by atoms with E-state index in [2.05, 4.69) is 15.0 Å². The lowest BCUT2D eigenvalue weighted by molar-refractivity contribution is 0.420. The average molecular weight is 286 g/mol. The van der Waals surface area contributed by atoms with Gasteiger partial charge in [0.2, 0.25) is 0 Å². The molecule has 0 aliphatic carbocycles. The zero-order chi connectivity index (χ0) is 12.0. The minimum atomic E-state index is -0.534. The number of H-pyrrole nitrogens is 2. The maximum absolute atomic E-state index is 11.6. The molecule has 0 aromatic carbocycles. The van der Waals surface area contributed by atoms with Crippen molar-refractivity contribution in [2.75, 3.05) is 7.11 Å². The summed E-state index contributed by atoms with van der Waals surface area (Å²) in [5, 5.41) is 0.665. The summed E-state index contributed by atoms with van der Waals surface area (Å²) >= 11 is 1.22. The first-order chi connectivity index (χ1) is 8.20. The summed E-state index contributed by atoms with van der Waals surface area (Å²) in [5.41, 5.74) is -0.467. The summed E-state index contributed by atoms with van der Waals surface area (Å²) in [6.45, 7) is 0. The Morgan fingerprint density at radius 3 is 2.83 bits per heavy atom. The highest BCUT2D eigenvalue weighted by Gasteiger charge is 2.14. The Morgan fingerprint density at radius 1 is 1.33 bits per heavy atom. The molecule has 0 aliphatic rings. The number of pyridine rings is 1. The Hall–Kier alpha value is -1.86. The predicted octanol–water partition coefficient (Wildman–Crippen LogP) is 1.26. The van der Waals surface area contributed by atoms with Crippen LogP contribution in [0.15, 0.2) is 21.9 Å². The normalized spacial score (nSPS) is 10.5. The predicted molar refractivity (Wildman–Crippen MR) is 72.2 cm³/mol. The van der Waals surface area contributed by atoms with Gasteiger partial charge in [0.1, 0.15) is 15.3 Å². The number of aromatic nitrogens is 3. The van der Waals surface area contributed by atoms with Gasteiger partial charge in [0, 0.05) is 6.20 Å². The maximum Gasteiger partial charge on any atom is 0.326 e. The number of thiophene rings is 1. The Balaban J connectivity index is 0.00000120. The maximum atomic E-state index is 11.6. The van der Waals surface area contributed by atoms with E-state index in [1.54, 1.807) is 12.3 Å². The molecule has 0 unspecified atom stereocenters. The third-order valence-corrected chi connectivity index (χ3v) is 3.54. The first-order valence-corrected chi connectivity index (χ1v) is 5.60. The first kappa shape index (κ1) is 12.6. The number of ether oxygens (including phenoxy) is 1. The Kier molecular flexibility index (Phi) is 3.10. The molecule has 8 heteroatoms. The van der Waals surface area contributed by atoms with Crippen LogP contribution in [0, 0.1) is 0 Å². The van der Waals surface area contributed by atoms with Gasteiger partial charge in [-0.2, -0.15) is 0 Å². The van der Waals surface area contributed by atoms with Crippen LogP contribution in [0.4, 0.5) is 0 Å². The van der Waals surface area contributed by atoms with Gasteiger partial charge in [-0.15, -0.1) is 23.7 Å². The van der Waals surface area contributed by atoms with Gasteiger partial charge in [-0.25, -0.2) is 9.78 Å². The molecule has 3 aromatic heterocycles. The number of rotatable bonds is 1. The highest BCUT2D eigenvalue weighted by Crippen LogP contribution is 2.34. The average Bonchev–Trinajstić information content (AvgIpc) is 2.68. The SMILES string of the molecule is COc1ccnc2sc3c(=O)[nH]c(=O)[nH]c3c12.Cl. The minimum absolute atomic E-state index is 0. The Labute approximate surface area is 110 Å². The third-order valence-electron chi connectivity index (χ3n) is 2.45. The molecule has 94 valence electrons. The summed E-state index contributed by atoms with van der Waals surface area (Å²) < 4.78 is 5.65. The smallest absolute Gasteiger partial charge is 0.326 e. The number of hydrogen-bond donors (Lipinski definition) is 2. The quantitative estimate of drug-likeness (QED) is 0.704. The van der Waals surface area contributed by atoms with Crippen LogP contribution in [0.3, 0.4) is 0 Å². The van der Waals surface area contributed by atoms with Gasteiger partial charge in [0.25, 0.3) is 5.56 Å². The van der Waals surface area contributed by atoms with Gasteiger partial charge in [-0.3, -0.25) is 9.78 Å². The van der Waals surface area contributed by atoms with Crippen LogP contribution in [-0.2, 0) is 0 Å². The lowest BCUT2D eigenvalue weighted by atomic mass is 10.3. The molecule has 3 heterocycles. The highest BCUT2D eigenvalue weighted by atomic mass is 35.5. The number of methoxy groups -OCH3 is 1. The number of fused-ring (bicyclic) bond motifs is 3. The fourth-order valence-electron chi connectivity index (χ4n) is 1.75. The van der Waals surface area contributed by atoms with E-state index in [0.29, 0.717) is 26.2 Å². The van der Waals surface area contributed by atoms with Crippen LogP contribution in [0.2, 0.25) is 0 Å². The molecule has 0 fully saturated rings. The molecule has 18 heavy (non-hydrogen) atoms. The molecule has 0 atom stereocenters. The minimum Gasteiger partial charge on any atom is -0.496 e. The van der Waals surface area contributed by atoms with Gasteiger partial charge in [0.15, 0.2) is 0 Å². The molecule has 0 radical (unpaired) electrons. The molecule has 0 amide bonds. The number of hydrogen-bond acceptors (Lipinski definition) is 5. The van der Waals surface area contributed by atoms with Crippen LogP contribution >= 0.6 is 23.7 Å². The summed E-state index contributed by atoms with van der Waals surface area (Å²) in [4.78, 5) is 32.5. The van der Waals surface area contributed by atoms with Crippen LogP contribution in [0.1, 0.15) is 0 Å². The van der Waals surface area contributed by atoms with E-state index in [-0.39, 0.29) is 12.4 Å². The zero-order valence-corrected chi connectivity index (χ0v) is 10.8. The fourth-order valence-corrected chi connectivity index (χ4v) is 2.76. The van der Waals surface area contributed by atoms with E-state index in [0.717, 1.165) is 0 Å². The van der Waals surface area contributed by atoms with Crippen molar-refractivity contribution < 1.29 is 4.74 Å². The molecule has 0 spiro atoms. The van der Waals surface area contributed by atoms with Gasteiger partial charge < -0.3 is 9.72 Å². The molecule has 3 aromatic rings. The van der Waals surface area contributed by atoms with Crippen molar-refractivity contribution in [2.24, 2.45) is 0 Å². The van der Waals surface area contributed by atoms with Crippen molar-refractivity contribution in [1.29, 1.82) is 0 Å². The second-order valence-electron chi connectivity index (χ2n) is 3.41.